The molecule has 1 saturated heterocycles. The van der Waals surface area contributed by atoms with Crippen LogP contribution in [0.1, 0.15) is 18.9 Å². The lowest BCUT2D eigenvalue weighted by molar-refractivity contribution is -0.135. The first-order valence-electron chi connectivity index (χ1n) is 6.65. The maximum absolute atomic E-state index is 12.5. The van der Waals surface area contributed by atoms with E-state index in [1.54, 1.807) is 4.90 Å². The number of hydrogen-bond acceptors (Lipinski definition) is 3. The normalized spacial score (nSPS) is 21.9. The second-order valence-corrected chi connectivity index (χ2v) is 4.98. The molecule has 100 valence electrons. The van der Waals surface area contributed by atoms with Gasteiger partial charge >= 0.3 is 0 Å². The Kier molecular flexibility index (Phi) is 4.53. The van der Waals surface area contributed by atoms with Gasteiger partial charge in [-0.3, -0.25) is 4.79 Å². The molecule has 1 aromatic rings. The highest BCUT2D eigenvalue weighted by Crippen LogP contribution is 2.19. The summed E-state index contributed by atoms with van der Waals surface area (Å²) in [4.78, 5) is 14.1. The Bertz CT molecular complexity index is 466. The SMILES string of the molecule is CC1NCCC1C(=O)N(CC#N)Cc1ccccc1. The lowest BCUT2D eigenvalue weighted by Gasteiger charge is -2.25. The number of nitrogens with one attached hydrogen (secondary N) is 1. The first-order chi connectivity index (χ1) is 9.22. The zero-order valence-corrected chi connectivity index (χ0v) is 11.2. The fraction of sp³-hybridized carbons (Fsp3) is 0.467. The van der Waals surface area contributed by atoms with Gasteiger partial charge in [-0.2, -0.15) is 5.26 Å². The number of benzene rings is 1. The summed E-state index contributed by atoms with van der Waals surface area (Å²) in [5.74, 6) is 0.0833. The Hall–Kier alpha value is -1.86. The van der Waals surface area contributed by atoms with Crippen LogP contribution < -0.4 is 5.32 Å². The quantitative estimate of drug-likeness (QED) is 0.832. The molecule has 1 amide bonds. The van der Waals surface area contributed by atoms with Crippen LogP contribution in [0.5, 0.6) is 0 Å². The second-order valence-electron chi connectivity index (χ2n) is 4.98. The van der Waals surface area contributed by atoms with Gasteiger partial charge in [-0.1, -0.05) is 30.3 Å². The molecule has 1 N–H and O–H groups in total. The van der Waals surface area contributed by atoms with E-state index in [0.717, 1.165) is 18.5 Å². The van der Waals surface area contributed by atoms with Crippen molar-refractivity contribution in [3.8, 4) is 6.07 Å². The van der Waals surface area contributed by atoms with E-state index in [-0.39, 0.29) is 24.4 Å². The molecule has 19 heavy (non-hydrogen) atoms. The molecule has 1 aliphatic rings. The van der Waals surface area contributed by atoms with Gasteiger partial charge in [-0.15, -0.1) is 0 Å². The van der Waals surface area contributed by atoms with Gasteiger partial charge in [0.15, 0.2) is 0 Å². The summed E-state index contributed by atoms with van der Waals surface area (Å²) in [6, 6.07) is 12.1. The number of hydrogen-bond donors (Lipinski definition) is 1. The Labute approximate surface area is 114 Å². The zero-order chi connectivity index (χ0) is 13.7. The van der Waals surface area contributed by atoms with Crippen LogP contribution in [-0.2, 0) is 11.3 Å². The van der Waals surface area contributed by atoms with Crippen LogP contribution in [0.4, 0.5) is 0 Å². The van der Waals surface area contributed by atoms with Crippen molar-refractivity contribution in [1.82, 2.24) is 10.2 Å². The van der Waals surface area contributed by atoms with Crippen molar-refractivity contribution in [2.24, 2.45) is 5.92 Å². The molecule has 4 nitrogen and oxygen atoms in total. The van der Waals surface area contributed by atoms with E-state index in [0.29, 0.717) is 6.54 Å². The Balaban J connectivity index is 2.07. The van der Waals surface area contributed by atoms with Crippen molar-refractivity contribution in [1.29, 1.82) is 5.26 Å². The van der Waals surface area contributed by atoms with E-state index in [4.69, 9.17) is 5.26 Å². The molecule has 0 aliphatic carbocycles. The summed E-state index contributed by atoms with van der Waals surface area (Å²) in [6.07, 6.45) is 0.858. The van der Waals surface area contributed by atoms with Gasteiger partial charge in [-0.25, -0.2) is 0 Å². The fourth-order valence-corrected chi connectivity index (χ4v) is 2.53. The minimum Gasteiger partial charge on any atom is -0.325 e. The smallest absolute Gasteiger partial charge is 0.228 e. The average molecular weight is 257 g/mol. The maximum atomic E-state index is 12.5. The van der Waals surface area contributed by atoms with Gasteiger partial charge in [0.05, 0.1) is 12.0 Å². The molecule has 0 spiro atoms. The average Bonchev–Trinajstić information content (AvgIpc) is 2.85. The van der Waals surface area contributed by atoms with Crippen LogP contribution in [0.15, 0.2) is 30.3 Å². The molecule has 1 heterocycles. The van der Waals surface area contributed by atoms with Gasteiger partial charge < -0.3 is 10.2 Å². The highest BCUT2D eigenvalue weighted by atomic mass is 16.2. The van der Waals surface area contributed by atoms with E-state index >= 15 is 0 Å². The third-order valence-electron chi connectivity index (χ3n) is 3.63. The Morgan fingerprint density at radius 1 is 1.47 bits per heavy atom. The molecule has 0 radical (unpaired) electrons. The van der Waals surface area contributed by atoms with Gasteiger partial charge in [0, 0.05) is 12.6 Å². The Morgan fingerprint density at radius 3 is 2.79 bits per heavy atom. The molecular weight excluding hydrogens is 238 g/mol. The fourth-order valence-electron chi connectivity index (χ4n) is 2.53. The van der Waals surface area contributed by atoms with E-state index in [1.165, 1.54) is 0 Å². The predicted molar refractivity (Wildman–Crippen MR) is 73.0 cm³/mol. The second kappa shape index (κ2) is 6.35. The van der Waals surface area contributed by atoms with Crippen LogP contribution in [0.25, 0.3) is 0 Å². The predicted octanol–water partition coefficient (Wildman–Crippen LogP) is 1.54. The molecule has 2 atom stereocenters. The van der Waals surface area contributed by atoms with Crippen LogP contribution in [0.3, 0.4) is 0 Å². The van der Waals surface area contributed by atoms with Crippen LogP contribution in [-0.4, -0.2) is 29.9 Å². The van der Waals surface area contributed by atoms with Crippen molar-refractivity contribution < 1.29 is 4.79 Å². The van der Waals surface area contributed by atoms with Crippen LogP contribution in [0, 0.1) is 17.2 Å². The highest BCUT2D eigenvalue weighted by Gasteiger charge is 2.32. The molecule has 1 fully saturated rings. The van der Waals surface area contributed by atoms with Crippen molar-refractivity contribution in [3.05, 3.63) is 35.9 Å². The molecule has 4 heteroatoms. The lowest BCUT2D eigenvalue weighted by atomic mass is 10.00. The minimum atomic E-state index is -0.00272. The maximum Gasteiger partial charge on any atom is 0.228 e. The molecule has 2 unspecified atom stereocenters. The third kappa shape index (κ3) is 3.33. The van der Waals surface area contributed by atoms with E-state index in [9.17, 15) is 4.79 Å². The van der Waals surface area contributed by atoms with Gasteiger partial charge in [0.2, 0.25) is 5.91 Å². The topological polar surface area (TPSA) is 56.1 Å². The van der Waals surface area contributed by atoms with Gasteiger partial charge in [0.25, 0.3) is 0 Å². The summed E-state index contributed by atoms with van der Waals surface area (Å²) in [5.41, 5.74) is 1.06. The standard InChI is InChI=1S/C15H19N3O/c1-12-14(7-9-17-12)15(19)18(10-8-16)11-13-5-3-2-4-6-13/h2-6,12,14,17H,7,9-11H2,1H3. The number of nitrogens with zero attached hydrogens (tertiary/aromatic N) is 2. The van der Waals surface area contributed by atoms with E-state index < -0.39 is 0 Å². The van der Waals surface area contributed by atoms with Crippen molar-refractivity contribution in [2.45, 2.75) is 25.9 Å². The highest BCUT2D eigenvalue weighted by molar-refractivity contribution is 5.80. The van der Waals surface area contributed by atoms with Crippen molar-refractivity contribution in [3.63, 3.8) is 0 Å². The molecule has 0 aromatic heterocycles. The summed E-state index contributed by atoms with van der Waals surface area (Å²) < 4.78 is 0. The summed E-state index contributed by atoms with van der Waals surface area (Å²) in [5, 5.41) is 12.2. The largest absolute Gasteiger partial charge is 0.325 e. The van der Waals surface area contributed by atoms with Gasteiger partial charge in [-0.05, 0) is 25.5 Å². The molecule has 0 saturated carbocycles. The number of nitriles is 1. The van der Waals surface area contributed by atoms with Gasteiger partial charge in [0.1, 0.15) is 6.54 Å². The Morgan fingerprint density at radius 2 is 2.21 bits per heavy atom. The third-order valence-corrected chi connectivity index (χ3v) is 3.63. The number of carbonyl (C=O) groups excluding carboxylic acids is 1. The number of rotatable bonds is 4. The molecule has 1 aromatic carbocycles. The minimum absolute atomic E-state index is 0.00272. The number of amides is 1. The summed E-state index contributed by atoms with van der Waals surface area (Å²) >= 11 is 0. The molecule has 1 aliphatic heterocycles. The number of carbonyl (C=O) groups is 1. The lowest BCUT2D eigenvalue weighted by Crippen LogP contribution is -2.40. The molecule has 2 rings (SSSR count). The van der Waals surface area contributed by atoms with Crippen LogP contribution in [0.2, 0.25) is 0 Å². The van der Waals surface area contributed by atoms with Crippen LogP contribution >= 0.6 is 0 Å². The zero-order valence-electron chi connectivity index (χ0n) is 11.2. The first kappa shape index (κ1) is 13.6. The van der Waals surface area contributed by atoms with E-state index in [1.807, 2.05) is 37.3 Å². The molecular formula is C15H19N3O. The van der Waals surface area contributed by atoms with E-state index in [2.05, 4.69) is 11.4 Å². The monoisotopic (exact) mass is 257 g/mol. The first-order valence-corrected chi connectivity index (χ1v) is 6.65. The van der Waals surface area contributed by atoms with Crippen molar-refractivity contribution in [2.75, 3.05) is 13.1 Å². The molecule has 0 bridgehead atoms. The van der Waals surface area contributed by atoms with Crippen molar-refractivity contribution >= 4 is 5.91 Å². The summed E-state index contributed by atoms with van der Waals surface area (Å²) in [6.45, 7) is 3.57. The summed E-state index contributed by atoms with van der Waals surface area (Å²) in [7, 11) is 0.